The SMILES string of the molecule is Cc1cc([C@H](F)Oc2ccc(Cl)cc2S(N)(=O)=O)c2cc([C@@H]3COCCO3)c(C#N)nc2c1. The Kier molecular flexibility index (Phi) is 6.52. The monoisotopic (exact) mass is 491 g/mol. The maximum Gasteiger partial charge on any atom is 0.265 e. The van der Waals surface area contributed by atoms with Gasteiger partial charge in [-0.25, -0.2) is 18.5 Å². The van der Waals surface area contributed by atoms with Gasteiger partial charge in [-0.15, -0.1) is 0 Å². The maximum atomic E-state index is 15.5. The van der Waals surface area contributed by atoms with Crippen LogP contribution in [0.5, 0.6) is 5.75 Å². The van der Waals surface area contributed by atoms with E-state index in [9.17, 15) is 13.7 Å². The maximum absolute atomic E-state index is 15.5. The minimum Gasteiger partial charge on any atom is -0.455 e. The Morgan fingerprint density at radius 2 is 2.09 bits per heavy atom. The molecular weight excluding hydrogens is 473 g/mol. The first-order valence-electron chi connectivity index (χ1n) is 9.85. The van der Waals surface area contributed by atoms with Gasteiger partial charge < -0.3 is 14.2 Å². The van der Waals surface area contributed by atoms with E-state index in [1.54, 1.807) is 25.1 Å². The fourth-order valence-corrected chi connectivity index (χ4v) is 4.56. The van der Waals surface area contributed by atoms with Gasteiger partial charge in [-0.1, -0.05) is 11.6 Å². The molecule has 0 amide bonds. The summed E-state index contributed by atoms with van der Waals surface area (Å²) >= 11 is 5.87. The van der Waals surface area contributed by atoms with Crippen molar-refractivity contribution >= 4 is 32.5 Å². The van der Waals surface area contributed by atoms with Crippen molar-refractivity contribution in [2.75, 3.05) is 19.8 Å². The van der Waals surface area contributed by atoms with Crippen molar-refractivity contribution < 1.29 is 27.0 Å². The third-order valence-electron chi connectivity index (χ3n) is 5.10. The van der Waals surface area contributed by atoms with E-state index in [2.05, 4.69) is 11.1 Å². The second kappa shape index (κ2) is 9.21. The summed E-state index contributed by atoms with van der Waals surface area (Å²) in [6.45, 7) is 2.78. The topological polar surface area (TPSA) is 125 Å². The van der Waals surface area contributed by atoms with Crippen LogP contribution in [0, 0.1) is 18.3 Å². The molecular formula is C22H19ClFN3O5S. The van der Waals surface area contributed by atoms with Crippen LogP contribution in [0.1, 0.15) is 34.8 Å². The number of alkyl halides is 1. The Bertz CT molecular complexity index is 1370. The van der Waals surface area contributed by atoms with E-state index in [0.29, 0.717) is 35.2 Å². The van der Waals surface area contributed by atoms with E-state index in [-0.39, 0.29) is 28.6 Å². The molecule has 0 unspecified atom stereocenters. The Hall–Kier alpha value is -2.81. The lowest BCUT2D eigenvalue weighted by atomic mass is 9.99. The summed E-state index contributed by atoms with van der Waals surface area (Å²) in [5, 5.41) is 15.3. The number of halogens is 2. The van der Waals surface area contributed by atoms with E-state index in [4.69, 9.17) is 31.0 Å². The van der Waals surface area contributed by atoms with Crippen molar-refractivity contribution in [1.82, 2.24) is 4.98 Å². The van der Waals surface area contributed by atoms with Crippen molar-refractivity contribution in [2.45, 2.75) is 24.3 Å². The fourth-order valence-electron chi connectivity index (χ4n) is 3.63. The zero-order valence-electron chi connectivity index (χ0n) is 17.4. The number of hydrogen-bond acceptors (Lipinski definition) is 7. The minimum atomic E-state index is -4.22. The smallest absolute Gasteiger partial charge is 0.265 e. The molecule has 1 aromatic heterocycles. The molecule has 11 heteroatoms. The second-order valence-electron chi connectivity index (χ2n) is 7.46. The third kappa shape index (κ3) is 4.93. The first-order chi connectivity index (χ1) is 15.7. The number of fused-ring (bicyclic) bond motifs is 1. The van der Waals surface area contributed by atoms with E-state index in [1.165, 1.54) is 12.1 Å². The number of hydrogen-bond donors (Lipinski definition) is 1. The molecule has 172 valence electrons. The average molecular weight is 492 g/mol. The van der Waals surface area contributed by atoms with Gasteiger partial charge in [0.1, 0.15) is 28.5 Å². The van der Waals surface area contributed by atoms with Crippen LogP contribution in [-0.2, 0) is 19.5 Å². The first kappa shape index (κ1) is 23.4. The van der Waals surface area contributed by atoms with E-state index in [1.807, 2.05) is 0 Å². The number of benzene rings is 2. The largest absolute Gasteiger partial charge is 0.455 e. The highest BCUT2D eigenvalue weighted by molar-refractivity contribution is 7.89. The molecule has 33 heavy (non-hydrogen) atoms. The molecule has 2 heterocycles. The predicted molar refractivity (Wildman–Crippen MR) is 118 cm³/mol. The summed E-state index contributed by atoms with van der Waals surface area (Å²) in [5.74, 6) is -0.283. The summed E-state index contributed by atoms with van der Waals surface area (Å²) in [7, 11) is -4.22. The highest BCUT2D eigenvalue weighted by Gasteiger charge is 2.25. The molecule has 0 radical (unpaired) electrons. The van der Waals surface area contributed by atoms with Gasteiger partial charge in [-0.05, 0) is 48.9 Å². The first-order valence-corrected chi connectivity index (χ1v) is 11.8. The molecule has 0 aliphatic carbocycles. The van der Waals surface area contributed by atoms with Gasteiger partial charge >= 0.3 is 0 Å². The number of sulfonamides is 1. The van der Waals surface area contributed by atoms with Gasteiger partial charge in [0.2, 0.25) is 10.0 Å². The van der Waals surface area contributed by atoms with Crippen LogP contribution in [0.25, 0.3) is 10.9 Å². The van der Waals surface area contributed by atoms with Crippen molar-refractivity contribution in [3.63, 3.8) is 0 Å². The lowest BCUT2D eigenvalue weighted by Gasteiger charge is -2.24. The number of ether oxygens (including phenoxy) is 3. The normalized spacial score (nSPS) is 17.5. The fraction of sp³-hybridized carbons (Fsp3) is 0.273. The van der Waals surface area contributed by atoms with Crippen molar-refractivity contribution in [2.24, 2.45) is 5.14 Å². The summed E-state index contributed by atoms with van der Waals surface area (Å²) < 4.78 is 55.9. The van der Waals surface area contributed by atoms with Gasteiger partial charge in [-0.2, -0.15) is 9.65 Å². The quantitative estimate of drug-likeness (QED) is 0.574. The Labute approximate surface area is 194 Å². The molecule has 1 fully saturated rings. The number of pyridine rings is 1. The zero-order valence-corrected chi connectivity index (χ0v) is 19.0. The van der Waals surface area contributed by atoms with E-state index in [0.717, 1.165) is 6.07 Å². The standard InChI is InChI=1S/C22H19ClFN3O5S/c1-12-6-15(22(24)32-19-3-2-13(23)8-21(19)33(26,28)29)14-9-16(20-11-30-4-5-31-20)18(10-25)27-17(14)7-12/h2-3,6-9,20,22H,4-5,11H2,1H3,(H2,26,28,29)/t20-,22+/m0/s1. The van der Waals surface area contributed by atoms with Gasteiger partial charge in [0, 0.05) is 21.5 Å². The highest BCUT2D eigenvalue weighted by Crippen LogP contribution is 2.36. The van der Waals surface area contributed by atoms with Gasteiger partial charge in [0.15, 0.2) is 0 Å². The number of rotatable bonds is 5. The molecule has 1 saturated heterocycles. The van der Waals surface area contributed by atoms with E-state index >= 15 is 4.39 Å². The van der Waals surface area contributed by atoms with Crippen LogP contribution in [0.4, 0.5) is 4.39 Å². The van der Waals surface area contributed by atoms with Gasteiger partial charge in [0.25, 0.3) is 6.36 Å². The molecule has 3 aromatic rings. The number of aryl methyl sites for hydroxylation is 1. The molecule has 1 aliphatic heterocycles. The predicted octanol–water partition coefficient (Wildman–Crippen LogP) is 3.85. The second-order valence-corrected chi connectivity index (χ2v) is 9.43. The summed E-state index contributed by atoms with van der Waals surface area (Å²) in [6, 6.07) is 10.7. The summed E-state index contributed by atoms with van der Waals surface area (Å²) in [4.78, 5) is 3.96. The number of nitrogens with two attached hydrogens (primary N) is 1. The highest BCUT2D eigenvalue weighted by atomic mass is 35.5. The Morgan fingerprint density at radius 1 is 1.30 bits per heavy atom. The molecule has 8 nitrogen and oxygen atoms in total. The molecule has 1 aliphatic rings. The van der Waals surface area contributed by atoms with Gasteiger partial charge in [0.05, 0.1) is 25.3 Å². The lowest BCUT2D eigenvalue weighted by molar-refractivity contribution is -0.0903. The lowest BCUT2D eigenvalue weighted by Crippen LogP contribution is -2.23. The van der Waals surface area contributed by atoms with Crippen LogP contribution >= 0.6 is 11.6 Å². The van der Waals surface area contributed by atoms with E-state index < -0.39 is 27.4 Å². The van der Waals surface area contributed by atoms with Crippen LogP contribution in [0.3, 0.4) is 0 Å². The van der Waals surface area contributed by atoms with Crippen molar-refractivity contribution in [3.8, 4) is 11.8 Å². The third-order valence-corrected chi connectivity index (χ3v) is 6.26. The van der Waals surface area contributed by atoms with Crippen LogP contribution in [0.15, 0.2) is 41.3 Å². The van der Waals surface area contributed by atoms with Gasteiger partial charge in [-0.3, -0.25) is 0 Å². The molecule has 0 saturated carbocycles. The van der Waals surface area contributed by atoms with Crippen molar-refractivity contribution in [3.05, 3.63) is 63.8 Å². The number of primary sulfonamides is 1. The summed E-state index contributed by atoms with van der Waals surface area (Å²) in [5.41, 5.74) is 1.79. The number of nitriles is 1. The molecule has 2 atom stereocenters. The van der Waals surface area contributed by atoms with Crippen LogP contribution in [0.2, 0.25) is 5.02 Å². The Balaban J connectivity index is 1.81. The molecule has 0 spiro atoms. The van der Waals surface area contributed by atoms with Crippen molar-refractivity contribution in [1.29, 1.82) is 5.26 Å². The molecule has 2 N–H and O–H groups in total. The summed E-state index contributed by atoms with van der Waals surface area (Å²) in [6.07, 6.45) is -2.59. The minimum absolute atomic E-state index is 0.107. The van der Waals surface area contributed by atoms with Crippen LogP contribution < -0.4 is 9.88 Å². The number of nitrogens with zero attached hydrogens (tertiary/aromatic N) is 2. The molecule has 4 rings (SSSR count). The Morgan fingerprint density at radius 3 is 2.76 bits per heavy atom. The zero-order chi connectivity index (χ0) is 23.8. The molecule has 0 bridgehead atoms. The number of aromatic nitrogens is 1. The molecule has 2 aromatic carbocycles. The average Bonchev–Trinajstić information content (AvgIpc) is 2.78. The van der Waals surface area contributed by atoms with Crippen LogP contribution in [-0.4, -0.2) is 33.2 Å².